The van der Waals surface area contributed by atoms with Crippen LogP contribution in [0.25, 0.3) is 0 Å². The molecule has 0 amide bonds. The Labute approximate surface area is 104 Å². The van der Waals surface area contributed by atoms with Crippen LogP contribution in [0.5, 0.6) is 0 Å². The van der Waals surface area contributed by atoms with Crippen molar-refractivity contribution in [2.45, 2.75) is 32.0 Å². The minimum absolute atomic E-state index is 0.0932. The first-order chi connectivity index (χ1) is 7.93. The zero-order valence-corrected chi connectivity index (χ0v) is 10.3. The Bertz CT molecular complexity index is 352. The number of hydrogen-bond acceptors (Lipinski definition) is 1. The Morgan fingerprint density at radius 3 is 2.59 bits per heavy atom. The molecule has 1 rings (SSSR count). The Hall–Kier alpha value is -0.740. The van der Waals surface area contributed by atoms with Gasteiger partial charge in [-0.15, -0.1) is 0 Å². The number of alkyl halides is 3. The highest BCUT2D eigenvalue weighted by Crippen LogP contribution is 2.24. The van der Waals surface area contributed by atoms with Crippen LogP contribution in [0.3, 0.4) is 0 Å². The number of rotatable bonds is 5. The van der Waals surface area contributed by atoms with Crippen molar-refractivity contribution in [3.8, 4) is 0 Å². The van der Waals surface area contributed by atoms with E-state index in [0.717, 1.165) is 0 Å². The second kappa shape index (κ2) is 6.26. The lowest BCUT2D eigenvalue weighted by molar-refractivity contribution is -0.155. The molecule has 0 aliphatic heterocycles. The molecule has 1 aromatic carbocycles. The average molecular weight is 266 g/mol. The quantitative estimate of drug-likeness (QED) is 0.854. The third-order valence-electron chi connectivity index (χ3n) is 2.36. The first-order valence-electron chi connectivity index (χ1n) is 5.48. The lowest BCUT2D eigenvalue weighted by atomic mass is 10.1. The summed E-state index contributed by atoms with van der Waals surface area (Å²) in [6.07, 6.45) is -3.66. The highest BCUT2D eigenvalue weighted by atomic mass is 35.5. The molecule has 0 aliphatic carbocycles. The third kappa shape index (κ3) is 4.96. The van der Waals surface area contributed by atoms with E-state index in [9.17, 15) is 13.2 Å². The maximum absolute atomic E-state index is 12.7. The van der Waals surface area contributed by atoms with E-state index < -0.39 is 12.2 Å². The molecule has 5 heteroatoms. The van der Waals surface area contributed by atoms with Gasteiger partial charge in [0.2, 0.25) is 0 Å². The summed E-state index contributed by atoms with van der Waals surface area (Å²) in [6.45, 7) is 2.19. The van der Waals surface area contributed by atoms with Crippen molar-refractivity contribution in [3.63, 3.8) is 0 Å². The van der Waals surface area contributed by atoms with Gasteiger partial charge in [0.05, 0.1) is 0 Å². The fraction of sp³-hybridized carbons (Fsp3) is 0.500. The topological polar surface area (TPSA) is 12.0 Å². The zero-order valence-electron chi connectivity index (χ0n) is 9.52. The fourth-order valence-corrected chi connectivity index (χ4v) is 1.73. The van der Waals surface area contributed by atoms with Gasteiger partial charge in [-0.1, -0.05) is 30.7 Å². The maximum atomic E-state index is 12.7. The van der Waals surface area contributed by atoms with Crippen molar-refractivity contribution in [2.24, 2.45) is 0 Å². The number of hydrogen-bond donors (Lipinski definition) is 1. The summed E-state index contributed by atoms with van der Waals surface area (Å²) in [5.41, 5.74) is 0.587. The van der Waals surface area contributed by atoms with Gasteiger partial charge < -0.3 is 5.32 Å². The van der Waals surface area contributed by atoms with Gasteiger partial charge in [-0.25, -0.2) is 0 Å². The molecular formula is C12H15ClF3N. The SMILES string of the molecule is CCCNC(Cc1cccc(Cl)c1)C(F)(F)F. The molecule has 1 unspecified atom stereocenters. The molecule has 1 nitrogen and oxygen atoms in total. The van der Waals surface area contributed by atoms with Crippen molar-refractivity contribution < 1.29 is 13.2 Å². The van der Waals surface area contributed by atoms with Gasteiger partial charge in [0.1, 0.15) is 6.04 Å². The molecule has 0 aliphatic rings. The molecule has 17 heavy (non-hydrogen) atoms. The molecule has 0 bridgehead atoms. The van der Waals surface area contributed by atoms with Crippen LogP contribution in [0.4, 0.5) is 13.2 Å². The second-order valence-electron chi connectivity index (χ2n) is 3.88. The van der Waals surface area contributed by atoms with Crippen molar-refractivity contribution in [3.05, 3.63) is 34.9 Å². The number of benzene rings is 1. The first kappa shape index (κ1) is 14.3. The van der Waals surface area contributed by atoms with Gasteiger partial charge in [0.15, 0.2) is 0 Å². The summed E-state index contributed by atoms with van der Waals surface area (Å²) in [6, 6.07) is 5.01. The minimum Gasteiger partial charge on any atom is -0.306 e. The van der Waals surface area contributed by atoms with E-state index in [2.05, 4.69) is 5.32 Å². The molecule has 0 heterocycles. The van der Waals surface area contributed by atoms with Crippen molar-refractivity contribution in [1.29, 1.82) is 0 Å². The molecule has 96 valence electrons. The predicted octanol–water partition coefficient (Wildman–Crippen LogP) is 3.81. The van der Waals surface area contributed by atoms with E-state index in [1.54, 1.807) is 24.3 Å². The van der Waals surface area contributed by atoms with Gasteiger partial charge in [-0.05, 0) is 37.1 Å². The van der Waals surface area contributed by atoms with Crippen molar-refractivity contribution in [2.75, 3.05) is 6.54 Å². The standard InChI is InChI=1S/C12H15ClF3N/c1-2-6-17-11(12(14,15)16)8-9-4-3-5-10(13)7-9/h3-5,7,11,17H,2,6,8H2,1H3. The van der Waals surface area contributed by atoms with E-state index in [0.29, 0.717) is 23.6 Å². The Morgan fingerprint density at radius 1 is 1.35 bits per heavy atom. The molecule has 0 saturated carbocycles. The Balaban J connectivity index is 2.72. The predicted molar refractivity (Wildman–Crippen MR) is 63.3 cm³/mol. The van der Waals surface area contributed by atoms with Crippen LogP contribution >= 0.6 is 11.6 Å². The number of nitrogens with one attached hydrogen (secondary N) is 1. The first-order valence-corrected chi connectivity index (χ1v) is 5.86. The van der Waals surface area contributed by atoms with Gasteiger partial charge in [0, 0.05) is 5.02 Å². The van der Waals surface area contributed by atoms with Crippen LogP contribution < -0.4 is 5.32 Å². The average Bonchev–Trinajstić information content (AvgIpc) is 2.22. The van der Waals surface area contributed by atoms with Crippen molar-refractivity contribution >= 4 is 11.6 Å². The molecule has 1 N–H and O–H groups in total. The highest BCUT2D eigenvalue weighted by molar-refractivity contribution is 6.30. The fourth-order valence-electron chi connectivity index (χ4n) is 1.52. The molecule has 0 fully saturated rings. The summed E-state index contributed by atoms with van der Waals surface area (Å²) in [5, 5.41) is 2.97. The maximum Gasteiger partial charge on any atom is 0.404 e. The molecule has 1 aromatic rings. The van der Waals surface area contributed by atoms with Gasteiger partial charge in [-0.2, -0.15) is 13.2 Å². The summed E-state index contributed by atoms with van der Waals surface area (Å²) in [7, 11) is 0. The summed E-state index contributed by atoms with van der Waals surface area (Å²) < 4.78 is 38.2. The normalized spacial score (nSPS) is 13.7. The van der Waals surface area contributed by atoms with E-state index in [1.165, 1.54) is 0 Å². The summed E-state index contributed by atoms with van der Waals surface area (Å²) in [5.74, 6) is 0. The third-order valence-corrected chi connectivity index (χ3v) is 2.60. The highest BCUT2D eigenvalue weighted by Gasteiger charge is 2.38. The minimum atomic E-state index is -4.24. The van der Waals surface area contributed by atoms with Crippen LogP contribution in [0, 0.1) is 0 Å². The largest absolute Gasteiger partial charge is 0.404 e. The van der Waals surface area contributed by atoms with E-state index in [-0.39, 0.29) is 6.42 Å². The van der Waals surface area contributed by atoms with Crippen LogP contribution in [0.2, 0.25) is 5.02 Å². The molecule has 0 aromatic heterocycles. The van der Waals surface area contributed by atoms with Crippen molar-refractivity contribution in [1.82, 2.24) is 5.32 Å². The molecule has 1 atom stereocenters. The monoisotopic (exact) mass is 265 g/mol. The van der Waals surface area contributed by atoms with Crippen LogP contribution in [-0.4, -0.2) is 18.8 Å². The van der Waals surface area contributed by atoms with E-state index in [1.807, 2.05) is 6.92 Å². The molecule has 0 saturated heterocycles. The van der Waals surface area contributed by atoms with Crippen LogP contribution in [0.1, 0.15) is 18.9 Å². The van der Waals surface area contributed by atoms with Crippen LogP contribution in [0.15, 0.2) is 24.3 Å². The zero-order chi connectivity index (χ0) is 12.9. The smallest absolute Gasteiger partial charge is 0.306 e. The van der Waals surface area contributed by atoms with Gasteiger partial charge in [-0.3, -0.25) is 0 Å². The molecule has 0 radical (unpaired) electrons. The Kier molecular flexibility index (Phi) is 5.28. The summed E-state index contributed by atoms with van der Waals surface area (Å²) in [4.78, 5) is 0. The van der Waals surface area contributed by atoms with Gasteiger partial charge >= 0.3 is 6.18 Å². The Morgan fingerprint density at radius 2 is 2.06 bits per heavy atom. The van der Waals surface area contributed by atoms with E-state index >= 15 is 0 Å². The van der Waals surface area contributed by atoms with Crippen LogP contribution in [-0.2, 0) is 6.42 Å². The molecular weight excluding hydrogens is 251 g/mol. The van der Waals surface area contributed by atoms with E-state index in [4.69, 9.17) is 11.6 Å². The molecule has 0 spiro atoms. The summed E-state index contributed by atoms with van der Waals surface area (Å²) >= 11 is 5.75. The lowest BCUT2D eigenvalue weighted by Crippen LogP contribution is -2.44. The second-order valence-corrected chi connectivity index (χ2v) is 4.32. The number of halogens is 4. The van der Waals surface area contributed by atoms with Gasteiger partial charge in [0.25, 0.3) is 0 Å². The lowest BCUT2D eigenvalue weighted by Gasteiger charge is -2.21.